The number of aliphatic hydroxyl groups excluding tert-OH is 1. The molecule has 0 saturated heterocycles. The lowest BCUT2D eigenvalue weighted by molar-refractivity contribution is 0.0701. The average molecular weight is 440 g/mol. The Hall–Kier alpha value is -1.41. The average Bonchev–Trinajstić information content (AvgIpc) is 3.26. The van der Waals surface area contributed by atoms with Gasteiger partial charge in [0.25, 0.3) is 0 Å². The molecule has 3 rings (SSSR count). The quantitative estimate of drug-likeness (QED) is 0.352. The number of rotatable bonds is 8. The number of ketones is 1. The topological polar surface area (TPSA) is 87.5 Å². The number of carboxylic acids is 1. The van der Waals surface area contributed by atoms with Crippen LogP contribution in [0.5, 0.6) is 0 Å². The second-order valence-corrected chi connectivity index (χ2v) is 9.77. The van der Waals surface area contributed by atoms with E-state index in [1.165, 1.54) is 29.3 Å². The summed E-state index contributed by atoms with van der Waals surface area (Å²) in [7, 11) is 0. The van der Waals surface area contributed by atoms with Crippen molar-refractivity contribution in [1.82, 2.24) is 4.98 Å². The normalized spacial score (nSPS) is 24.4. The largest absolute Gasteiger partial charge is 0.477 e. The van der Waals surface area contributed by atoms with Gasteiger partial charge >= 0.3 is 5.97 Å². The Bertz CT molecular complexity index is 839. The minimum atomic E-state index is -0.964. The number of Topliss-reactive ketones (excluding diaryl/α,β-unsaturated/α-hetero) is 1. The van der Waals surface area contributed by atoms with Crippen LogP contribution in [0, 0.1) is 5.92 Å². The number of carbonyl (C=O) groups excluding carboxylic acids is 1. The van der Waals surface area contributed by atoms with Gasteiger partial charge in [-0.15, -0.1) is 22.9 Å². The Morgan fingerprint density at radius 3 is 2.64 bits per heavy atom. The van der Waals surface area contributed by atoms with E-state index in [0.717, 1.165) is 22.1 Å². The number of aliphatic hydroxyl groups is 1. The summed E-state index contributed by atoms with van der Waals surface area (Å²) in [5, 5.41) is 19.4. The van der Waals surface area contributed by atoms with Crippen LogP contribution in [-0.4, -0.2) is 44.2 Å². The Kier molecular flexibility index (Phi) is 7.15. The van der Waals surface area contributed by atoms with Crippen LogP contribution in [0.4, 0.5) is 0 Å². The summed E-state index contributed by atoms with van der Waals surface area (Å²) >= 11 is 9.22. The highest BCUT2D eigenvalue weighted by Crippen LogP contribution is 2.45. The molecule has 150 valence electrons. The van der Waals surface area contributed by atoms with Crippen molar-refractivity contribution in [3.8, 4) is 0 Å². The van der Waals surface area contributed by atoms with Crippen LogP contribution in [0.15, 0.2) is 34.8 Å². The molecule has 2 unspecified atom stereocenters. The molecule has 0 aliphatic heterocycles. The molecule has 1 aliphatic carbocycles. The molecule has 0 bridgehead atoms. The van der Waals surface area contributed by atoms with E-state index in [2.05, 4.69) is 4.98 Å². The van der Waals surface area contributed by atoms with E-state index >= 15 is 0 Å². The molecule has 1 aromatic carbocycles. The Balaban J connectivity index is 1.66. The van der Waals surface area contributed by atoms with Gasteiger partial charge in [0.2, 0.25) is 0 Å². The molecular formula is C20H22ClNO4S2. The highest BCUT2D eigenvalue weighted by molar-refractivity contribution is 8.01. The van der Waals surface area contributed by atoms with Crippen molar-refractivity contribution >= 4 is 46.5 Å². The van der Waals surface area contributed by atoms with Crippen molar-refractivity contribution in [2.75, 3.05) is 5.75 Å². The molecule has 0 amide bonds. The first kappa shape index (κ1) is 21.3. The zero-order chi connectivity index (χ0) is 20.3. The number of aromatic carboxylic acids is 1. The maximum atomic E-state index is 11.8. The first-order valence-electron chi connectivity index (χ1n) is 9.18. The lowest BCUT2D eigenvalue weighted by atomic mass is 9.85. The van der Waals surface area contributed by atoms with Gasteiger partial charge in [0.05, 0.1) is 12.3 Å². The smallest absolute Gasteiger partial charge is 0.347 e. The molecule has 8 heteroatoms. The molecule has 1 saturated carbocycles. The molecule has 1 aliphatic rings. The van der Waals surface area contributed by atoms with E-state index in [0.29, 0.717) is 18.4 Å². The summed E-state index contributed by atoms with van der Waals surface area (Å²) in [5.74, 6) is -0.0774. The zero-order valence-corrected chi connectivity index (χ0v) is 17.8. The molecular weight excluding hydrogens is 418 g/mol. The molecule has 1 heterocycles. The molecule has 28 heavy (non-hydrogen) atoms. The van der Waals surface area contributed by atoms with Crippen LogP contribution in [0.3, 0.4) is 0 Å². The van der Waals surface area contributed by atoms with Gasteiger partial charge in [-0.2, -0.15) is 0 Å². The lowest BCUT2D eigenvalue weighted by Crippen LogP contribution is -2.19. The van der Waals surface area contributed by atoms with Gasteiger partial charge in [0.1, 0.15) is 4.88 Å². The number of carbonyl (C=O) groups is 2. The van der Waals surface area contributed by atoms with Gasteiger partial charge in [-0.1, -0.05) is 43.0 Å². The summed E-state index contributed by atoms with van der Waals surface area (Å²) in [6, 6.07) is 7.49. The van der Waals surface area contributed by atoms with Crippen molar-refractivity contribution in [1.29, 1.82) is 0 Å². The molecule has 0 radical (unpaired) electrons. The highest BCUT2D eigenvalue weighted by Gasteiger charge is 2.42. The highest BCUT2D eigenvalue weighted by atomic mass is 35.5. The Labute approximate surface area is 177 Å². The van der Waals surface area contributed by atoms with Crippen LogP contribution < -0.4 is 0 Å². The third-order valence-electron chi connectivity index (χ3n) is 5.12. The lowest BCUT2D eigenvalue weighted by Gasteiger charge is -2.24. The zero-order valence-electron chi connectivity index (χ0n) is 15.4. The Morgan fingerprint density at radius 2 is 2.04 bits per heavy atom. The van der Waals surface area contributed by atoms with Gasteiger partial charge in [-0.3, -0.25) is 4.79 Å². The van der Waals surface area contributed by atoms with Crippen LogP contribution in [0.2, 0.25) is 0 Å². The summed E-state index contributed by atoms with van der Waals surface area (Å²) in [5.41, 5.74) is 1.69. The van der Waals surface area contributed by atoms with E-state index < -0.39 is 12.1 Å². The molecule has 5 nitrogen and oxygen atoms in total. The fraction of sp³-hybridized carbons (Fsp3) is 0.450. The number of thioether (sulfide) groups is 1. The number of thiazole rings is 1. The molecule has 0 spiro atoms. The van der Waals surface area contributed by atoms with Gasteiger partial charge < -0.3 is 10.2 Å². The summed E-state index contributed by atoms with van der Waals surface area (Å²) in [4.78, 5) is 27.2. The third kappa shape index (κ3) is 4.76. The molecule has 4 atom stereocenters. The number of aromatic nitrogens is 1. The van der Waals surface area contributed by atoms with Crippen molar-refractivity contribution in [2.45, 2.75) is 47.9 Å². The number of benzene rings is 1. The monoisotopic (exact) mass is 439 g/mol. The fourth-order valence-corrected chi connectivity index (χ4v) is 6.09. The van der Waals surface area contributed by atoms with Crippen LogP contribution in [0.1, 0.15) is 57.7 Å². The number of alkyl halides is 1. The standard InChI is InChI=1S/C20H22ClNO4S2/c1-2-15(23)11-3-5-12(6-4-11)18-13(14(21)9-16(18)24)7-8-27-20-22-10-17(28-20)19(25)26/h3-6,10,13-14,16,18,24H,2,7-9H2,1H3,(H,25,26)/t13?,14-,16-,18?/m1/s1. The number of carboxylic acid groups (broad SMARTS) is 1. The van der Waals surface area contributed by atoms with E-state index in [9.17, 15) is 14.7 Å². The van der Waals surface area contributed by atoms with Crippen molar-refractivity contribution in [2.24, 2.45) is 5.92 Å². The minimum Gasteiger partial charge on any atom is -0.477 e. The van der Waals surface area contributed by atoms with Crippen molar-refractivity contribution < 1.29 is 19.8 Å². The predicted octanol–water partition coefficient (Wildman–Crippen LogP) is 4.69. The van der Waals surface area contributed by atoms with Crippen molar-refractivity contribution in [3.05, 3.63) is 46.5 Å². The molecule has 1 aromatic heterocycles. The molecule has 2 aromatic rings. The first-order chi connectivity index (χ1) is 13.4. The maximum absolute atomic E-state index is 11.8. The van der Waals surface area contributed by atoms with Crippen molar-refractivity contribution in [3.63, 3.8) is 0 Å². The van der Waals surface area contributed by atoms with E-state index in [4.69, 9.17) is 16.7 Å². The summed E-state index contributed by atoms with van der Waals surface area (Å²) in [6.45, 7) is 1.84. The Morgan fingerprint density at radius 1 is 1.32 bits per heavy atom. The number of nitrogens with zero attached hydrogens (tertiary/aromatic N) is 1. The summed E-state index contributed by atoms with van der Waals surface area (Å²) in [6.07, 6.45) is 2.66. The van der Waals surface area contributed by atoms with Gasteiger partial charge in [-0.25, -0.2) is 9.78 Å². The first-order valence-corrected chi connectivity index (χ1v) is 11.4. The van der Waals surface area contributed by atoms with E-state index in [-0.39, 0.29) is 27.9 Å². The van der Waals surface area contributed by atoms with Gasteiger partial charge in [-0.05, 0) is 24.3 Å². The fourth-order valence-electron chi connectivity index (χ4n) is 3.69. The van der Waals surface area contributed by atoms with E-state index in [1.807, 2.05) is 31.2 Å². The number of hydrogen-bond acceptors (Lipinski definition) is 6. The number of halogens is 1. The van der Waals surface area contributed by atoms with Crippen LogP contribution in [-0.2, 0) is 0 Å². The van der Waals surface area contributed by atoms with Crippen LogP contribution in [0.25, 0.3) is 0 Å². The SMILES string of the molecule is CCC(=O)c1ccc(C2C(CCSc3ncc(C(=O)O)s3)[C@H](Cl)C[C@H]2O)cc1. The predicted molar refractivity (Wildman–Crippen MR) is 112 cm³/mol. The second-order valence-electron chi connectivity index (χ2n) is 6.84. The number of hydrogen-bond donors (Lipinski definition) is 2. The molecule has 1 fully saturated rings. The van der Waals surface area contributed by atoms with E-state index in [1.54, 1.807) is 0 Å². The maximum Gasteiger partial charge on any atom is 0.347 e. The van der Waals surface area contributed by atoms with Gasteiger partial charge in [0.15, 0.2) is 10.1 Å². The second kappa shape index (κ2) is 9.39. The minimum absolute atomic E-state index is 0.0697. The molecule has 2 N–H and O–H groups in total. The van der Waals surface area contributed by atoms with Crippen LogP contribution >= 0.6 is 34.7 Å². The third-order valence-corrected chi connectivity index (χ3v) is 7.80. The summed E-state index contributed by atoms with van der Waals surface area (Å²) < 4.78 is 0.723. The van der Waals surface area contributed by atoms with Gasteiger partial charge in [0, 0.05) is 29.0 Å².